The molecule has 3 rings (SSSR count). The van der Waals surface area contributed by atoms with Crippen LogP contribution in [0, 0.1) is 0 Å². The van der Waals surface area contributed by atoms with Crippen molar-refractivity contribution in [3.63, 3.8) is 0 Å². The van der Waals surface area contributed by atoms with Crippen LogP contribution in [0.2, 0.25) is 0 Å². The number of aryl methyl sites for hydroxylation is 1. The first kappa shape index (κ1) is 13.7. The smallest absolute Gasteiger partial charge is 0.107 e. The zero-order chi connectivity index (χ0) is 13.8. The molecule has 0 aliphatic carbocycles. The van der Waals surface area contributed by atoms with E-state index in [9.17, 15) is 0 Å². The first-order valence-electron chi connectivity index (χ1n) is 7.29. The Morgan fingerprint density at radius 2 is 2.30 bits per heavy atom. The van der Waals surface area contributed by atoms with E-state index < -0.39 is 0 Å². The average Bonchev–Trinajstić information content (AvgIpc) is 2.95. The minimum absolute atomic E-state index is 0.561. The number of benzene rings is 1. The molecule has 106 valence electrons. The summed E-state index contributed by atoms with van der Waals surface area (Å²) in [6.45, 7) is 6.12. The van der Waals surface area contributed by atoms with E-state index in [0.29, 0.717) is 5.92 Å². The van der Waals surface area contributed by atoms with Gasteiger partial charge in [-0.25, -0.2) is 4.98 Å². The molecule has 0 amide bonds. The summed E-state index contributed by atoms with van der Waals surface area (Å²) >= 11 is 1.82. The molecular formula is C16H21N3S. The van der Waals surface area contributed by atoms with E-state index in [2.05, 4.69) is 46.8 Å². The van der Waals surface area contributed by atoms with Gasteiger partial charge in [0.1, 0.15) is 5.01 Å². The number of nitrogens with zero attached hydrogens (tertiary/aromatic N) is 1. The van der Waals surface area contributed by atoms with E-state index >= 15 is 0 Å². The van der Waals surface area contributed by atoms with Gasteiger partial charge in [-0.15, -0.1) is 11.3 Å². The van der Waals surface area contributed by atoms with Crippen LogP contribution in [-0.2, 0) is 19.5 Å². The lowest BCUT2D eigenvalue weighted by Gasteiger charge is -2.26. The topological polar surface area (TPSA) is 37.0 Å². The van der Waals surface area contributed by atoms with E-state index in [1.54, 1.807) is 0 Å². The monoisotopic (exact) mass is 287 g/mol. The normalized spacial score (nSPS) is 17.9. The minimum atomic E-state index is 0.561. The quantitative estimate of drug-likeness (QED) is 0.888. The van der Waals surface area contributed by atoms with E-state index in [1.807, 2.05) is 17.5 Å². The highest BCUT2D eigenvalue weighted by Gasteiger charge is 2.18. The van der Waals surface area contributed by atoms with Crippen LogP contribution in [-0.4, -0.2) is 18.1 Å². The highest BCUT2D eigenvalue weighted by Crippen LogP contribution is 2.23. The second kappa shape index (κ2) is 6.48. The molecule has 2 N–H and O–H groups in total. The zero-order valence-corrected chi connectivity index (χ0v) is 12.7. The van der Waals surface area contributed by atoms with E-state index in [1.165, 1.54) is 21.0 Å². The summed E-state index contributed by atoms with van der Waals surface area (Å²) in [7, 11) is 0. The first-order chi connectivity index (χ1) is 9.86. The summed E-state index contributed by atoms with van der Waals surface area (Å²) in [6, 6.07) is 8.76. The molecule has 0 fully saturated rings. The lowest BCUT2D eigenvalue weighted by molar-refractivity contribution is 0.502. The van der Waals surface area contributed by atoms with Crippen LogP contribution < -0.4 is 10.6 Å². The van der Waals surface area contributed by atoms with Crippen molar-refractivity contribution in [3.05, 3.63) is 51.5 Å². The fourth-order valence-electron chi connectivity index (χ4n) is 2.71. The maximum Gasteiger partial charge on any atom is 0.107 e. The molecule has 0 saturated carbocycles. The minimum Gasteiger partial charge on any atom is -0.312 e. The SMILES string of the molecule is CCc1cnc(CNCC2CNCc3ccccc32)s1. The van der Waals surface area contributed by atoms with Gasteiger partial charge in [0, 0.05) is 43.2 Å². The maximum atomic E-state index is 4.45. The van der Waals surface area contributed by atoms with Gasteiger partial charge in [0.2, 0.25) is 0 Å². The van der Waals surface area contributed by atoms with Crippen molar-refractivity contribution in [2.45, 2.75) is 32.4 Å². The van der Waals surface area contributed by atoms with Crippen molar-refractivity contribution >= 4 is 11.3 Å². The van der Waals surface area contributed by atoms with Crippen LogP contribution in [0.5, 0.6) is 0 Å². The van der Waals surface area contributed by atoms with Gasteiger partial charge in [-0.2, -0.15) is 0 Å². The van der Waals surface area contributed by atoms with Gasteiger partial charge in [-0.3, -0.25) is 0 Å². The zero-order valence-electron chi connectivity index (χ0n) is 11.9. The van der Waals surface area contributed by atoms with Crippen molar-refractivity contribution in [1.82, 2.24) is 15.6 Å². The first-order valence-corrected chi connectivity index (χ1v) is 8.11. The molecule has 1 aromatic heterocycles. The van der Waals surface area contributed by atoms with Crippen LogP contribution in [0.15, 0.2) is 30.5 Å². The van der Waals surface area contributed by atoms with Crippen LogP contribution in [0.25, 0.3) is 0 Å². The highest BCUT2D eigenvalue weighted by molar-refractivity contribution is 7.11. The van der Waals surface area contributed by atoms with Gasteiger partial charge in [-0.05, 0) is 17.5 Å². The summed E-state index contributed by atoms with van der Waals surface area (Å²) < 4.78 is 0. The molecule has 1 aromatic carbocycles. The van der Waals surface area contributed by atoms with Crippen LogP contribution >= 0.6 is 11.3 Å². The Labute approximate surface area is 124 Å². The summed E-state index contributed by atoms with van der Waals surface area (Å²) in [4.78, 5) is 5.82. The Bertz CT molecular complexity index is 564. The average molecular weight is 287 g/mol. The fourth-order valence-corrected chi connectivity index (χ4v) is 3.55. The number of aromatic nitrogens is 1. The molecule has 0 spiro atoms. The van der Waals surface area contributed by atoms with Gasteiger partial charge in [0.25, 0.3) is 0 Å². The Hall–Kier alpha value is -1.23. The lowest BCUT2D eigenvalue weighted by Crippen LogP contribution is -2.34. The van der Waals surface area contributed by atoms with Crippen molar-refractivity contribution < 1.29 is 0 Å². The van der Waals surface area contributed by atoms with Gasteiger partial charge in [0.15, 0.2) is 0 Å². The second-order valence-corrected chi connectivity index (χ2v) is 6.43. The Morgan fingerprint density at radius 1 is 1.40 bits per heavy atom. The largest absolute Gasteiger partial charge is 0.312 e. The van der Waals surface area contributed by atoms with Crippen LogP contribution in [0.3, 0.4) is 0 Å². The molecule has 4 heteroatoms. The van der Waals surface area contributed by atoms with E-state index in [0.717, 1.165) is 32.6 Å². The predicted molar refractivity (Wildman–Crippen MR) is 84.1 cm³/mol. The lowest BCUT2D eigenvalue weighted by atomic mass is 9.91. The summed E-state index contributed by atoms with van der Waals surface area (Å²) in [5, 5.41) is 8.25. The van der Waals surface area contributed by atoms with Crippen molar-refractivity contribution in [2.75, 3.05) is 13.1 Å². The Morgan fingerprint density at radius 3 is 3.15 bits per heavy atom. The third-order valence-corrected chi connectivity index (χ3v) is 4.96. The summed E-state index contributed by atoms with van der Waals surface area (Å²) in [5.74, 6) is 0.561. The van der Waals surface area contributed by atoms with Crippen molar-refractivity contribution in [2.24, 2.45) is 0 Å². The van der Waals surface area contributed by atoms with Crippen molar-refractivity contribution in [3.8, 4) is 0 Å². The molecule has 1 unspecified atom stereocenters. The number of hydrogen-bond acceptors (Lipinski definition) is 4. The van der Waals surface area contributed by atoms with Crippen LogP contribution in [0.1, 0.15) is 33.9 Å². The van der Waals surface area contributed by atoms with Gasteiger partial charge < -0.3 is 10.6 Å². The highest BCUT2D eigenvalue weighted by atomic mass is 32.1. The van der Waals surface area contributed by atoms with E-state index in [-0.39, 0.29) is 0 Å². The number of hydrogen-bond donors (Lipinski definition) is 2. The molecule has 3 nitrogen and oxygen atoms in total. The number of thiazole rings is 1. The van der Waals surface area contributed by atoms with Gasteiger partial charge in [-0.1, -0.05) is 31.2 Å². The molecule has 0 saturated heterocycles. The molecule has 2 heterocycles. The molecule has 0 bridgehead atoms. The Kier molecular flexibility index (Phi) is 4.45. The molecular weight excluding hydrogens is 266 g/mol. The molecule has 1 aliphatic rings. The van der Waals surface area contributed by atoms with Gasteiger partial charge >= 0.3 is 0 Å². The molecule has 1 atom stereocenters. The summed E-state index contributed by atoms with van der Waals surface area (Å²) in [5.41, 5.74) is 2.93. The number of fused-ring (bicyclic) bond motifs is 1. The molecule has 1 aliphatic heterocycles. The van der Waals surface area contributed by atoms with Crippen molar-refractivity contribution in [1.29, 1.82) is 0 Å². The van der Waals surface area contributed by atoms with Crippen LogP contribution in [0.4, 0.5) is 0 Å². The molecule has 0 radical (unpaired) electrons. The maximum absolute atomic E-state index is 4.45. The van der Waals surface area contributed by atoms with Gasteiger partial charge in [0.05, 0.1) is 0 Å². The number of rotatable bonds is 5. The summed E-state index contributed by atoms with van der Waals surface area (Å²) in [6.07, 6.45) is 3.08. The second-order valence-electron chi connectivity index (χ2n) is 5.23. The molecule has 20 heavy (non-hydrogen) atoms. The Balaban J connectivity index is 1.57. The third-order valence-electron chi connectivity index (χ3n) is 3.82. The molecule has 2 aromatic rings. The predicted octanol–water partition coefficient (Wildman–Crippen LogP) is 2.68. The number of nitrogens with one attached hydrogen (secondary N) is 2. The fraction of sp³-hybridized carbons (Fsp3) is 0.438. The third kappa shape index (κ3) is 3.08. The standard InChI is InChI=1S/C16H21N3S/c1-2-14-10-19-16(20-14)11-18-9-13-8-17-7-12-5-3-4-6-15(12)13/h3-6,10,13,17-18H,2,7-9,11H2,1H3. The van der Waals surface area contributed by atoms with E-state index in [4.69, 9.17) is 0 Å².